The lowest BCUT2D eigenvalue weighted by atomic mass is 9.79. The number of halogens is 1. The standard InChI is InChI=1S/C13H19N3OS.ClH/c1-10-15-11(8-18-10)7-16-6-4-13(12(16)17)3-2-5-14-9-13;/h8,14H,2-7,9H2,1H3;1H. The second kappa shape index (κ2) is 5.77. The van der Waals surface area contributed by atoms with Crippen molar-refractivity contribution in [1.82, 2.24) is 15.2 Å². The number of hydrogen-bond donors (Lipinski definition) is 1. The topological polar surface area (TPSA) is 45.2 Å². The van der Waals surface area contributed by atoms with E-state index in [9.17, 15) is 4.79 Å². The summed E-state index contributed by atoms with van der Waals surface area (Å²) in [6.45, 7) is 5.49. The monoisotopic (exact) mass is 301 g/mol. The smallest absolute Gasteiger partial charge is 0.230 e. The minimum absolute atomic E-state index is 0. The van der Waals surface area contributed by atoms with Gasteiger partial charge in [-0.15, -0.1) is 23.7 Å². The minimum atomic E-state index is -0.108. The molecule has 3 heterocycles. The summed E-state index contributed by atoms with van der Waals surface area (Å²) in [5.41, 5.74) is 0.926. The number of nitrogens with one attached hydrogen (secondary N) is 1. The molecular formula is C13H20ClN3OS. The van der Waals surface area contributed by atoms with Crippen LogP contribution in [-0.4, -0.2) is 35.4 Å². The Kier molecular flexibility index (Phi) is 4.48. The molecule has 106 valence electrons. The Balaban J connectivity index is 0.00000133. The summed E-state index contributed by atoms with van der Waals surface area (Å²) in [7, 11) is 0. The van der Waals surface area contributed by atoms with Gasteiger partial charge in [-0.05, 0) is 32.7 Å². The summed E-state index contributed by atoms with van der Waals surface area (Å²) < 4.78 is 0. The predicted molar refractivity (Wildman–Crippen MR) is 78.7 cm³/mol. The van der Waals surface area contributed by atoms with Crippen molar-refractivity contribution in [3.63, 3.8) is 0 Å². The highest BCUT2D eigenvalue weighted by Gasteiger charge is 2.46. The first-order chi connectivity index (χ1) is 8.70. The highest BCUT2D eigenvalue weighted by Crippen LogP contribution is 2.38. The van der Waals surface area contributed by atoms with E-state index in [0.29, 0.717) is 12.5 Å². The van der Waals surface area contributed by atoms with E-state index in [1.165, 1.54) is 0 Å². The fourth-order valence-electron chi connectivity index (χ4n) is 3.08. The SMILES string of the molecule is Cc1nc(CN2CCC3(CCCNC3)C2=O)cs1.Cl. The molecule has 6 heteroatoms. The molecule has 2 saturated heterocycles. The fraction of sp³-hybridized carbons (Fsp3) is 0.692. The first-order valence-electron chi connectivity index (χ1n) is 6.61. The van der Waals surface area contributed by atoms with Gasteiger partial charge in [0.15, 0.2) is 0 Å². The van der Waals surface area contributed by atoms with E-state index >= 15 is 0 Å². The number of aryl methyl sites for hydroxylation is 1. The molecule has 0 saturated carbocycles. The number of carbonyl (C=O) groups is 1. The lowest BCUT2D eigenvalue weighted by Crippen LogP contribution is -2.45. The van der Waals surface area contributed by atoms with Crippen LogP contribution in [0.5, 0.6) is 0 Å². The summed E-state index contributed by atoms with van der Waals surface area (Å²) in [4.78, 5) is 19.0. The van der Waals surface area contributed by atoms with Crippen molar-refractivity contribution in [2.75, 3.05) is 19.6 Å². The van der Waals surface area contributed by atoms with Crippen LogP contribution in [0, 0.1) is 12.3 Å². The molecule has 3 rings (SSSR count). The maximum atomic E-state index is 12.6. The van der Waals surface area contributed by atoms with E-state index in [1.54, 1.807) is 11.3 Å². The van der Waals surface area contributed by atoms with E-state index in [1.807, 2.05) is 11.8 Å². The quantitative estimate of drug-likeness (QED) is 0.908. The van der Waals surface area contributed by atoms with Crippen LogP contribution >= 0.6 is 23.7 Å². The van der Waals surface area contributed by atoms with Gasteiger partial charge in [-0.1, -0.05) is 0 Å². The molecule has 1 amide bonds. The van der Waals surface area contributed by atoms with Crippen LogP contribution in [0.25, 0.3) is 0 Å². The largest absolute Gasteiger partial charge is 0.336 e. The van der Waals surface area contributed by atoms with Crippen molar-refractivity contribution < 1.29 is 4.79 Å². The maximum absolute atomic E-state index is 12.6. The number of thiazole rings is 1. The van der Waals surface area contributed by atoms with Gasteiger partial charge in [0.2, 0.25) is 5.91 Å². The molecule has 0 aliphatic carbocycles. The number of carbonyl (C=O) groups excluding carboxylic acids is 1. The molecule has 1 unspecified atom stereocenters. The van der Waals surface area contributed by atoms with Crippen LogP contribution < -0.4 is 5.32 Å². The van der Waals surface area contributed by atoms with Gasteiger partial charge in [0, 0.05) is 18.5 Å². The van der Waals surface area contributed by atoms with Gasteiger partial charge < -0.3 is 10.2 Å². The molecule has 4 nitrogen and oxygen atoms in total. The van der Waals surface area contributed by atoms with Crippen LogP contribution in [0.1, 0.15) is 30.0 Å². The van der Waals surface area contributed by atoms with Crippen LogP contribution in [0.2, 0.25) is 0 Å². The summed E-state index contributed by atoms with van der Waals surface area (Å²) in [5.74, 6) is 0.334. The molecule has 0 bridgehead atoms. The van der Waals surface area contributed by atoms with E-state index < -0.39 is 0 Å². The van der Waals surface area contributed by atoms with Gasteiger partial charge in [0.1, 0.15) is 0 Å². The third-order valence-corrected chi connectivity index (χ3v) is 4.92. The Morgan fingerprint density at radius 3 is 3.00 bits per heavy atom. The Morgan fingerprint density at radius 1 is 1.53 bits per heavy atom. The highest BCUT2D eigenvalue weighted by molar-refractivity contribution is 7.09. The zero-order chi connectivity index (χ0) is 12.6. The summed E-state index contributed by atoms with van der Waals surface area (Å²) >= 11 is 1.65. The third-order valence-electron chi connectivity index (χ3n) is 4.09. The summed E-state index contributed by atoms with van der Waals surface area (Å²) in [6, 6.07) is 0. The van der Waals surface area contributed by atoms with Crippen molar-refractivity contribution in [2.45, 2.75) is 32.7 Å². The second-order valence-corrected chi connectivity index (χ2v) is 6.46. The van der Waals surface area contributed by atoms with E-state index in [0.717, 1.165) is 49.6 Å². The molecule has 2 fully saturated rings. The average molecular weight is 302 g/mol. The Bertz CT molecular complexity index is 456. The number of hydrogen-bond acceptors (Lipinski definition) is 4. The van der Waals surface area contributed by atoms with Gasteiger partial charge in [0.25, 0.3) is 0 Å². The maximum Gasteiger partial charge on any atom is 0.230 e. The molecule has 1 spiro atoms. The van der Waals surface area contributed by atoms with Gasteiger partial charge in [-0.2, -0.15) is 0 Å². The molecule has 1 aromatic rings. The Morgan fingerprint density at radius 2 is 2.37 bits per heavy atom. The van der Waals surface area contributed by atoms with Crippen molar-refractivity contribution >= 4 is 29.7 Å². The summed E-state index contributed by atoms with van der Waals surface area (Å²) in [5, 5.41) is 6.51. The van der Waals surface area contributed by atoms with Crippen LogP contribution in [0.4, 0.5) is 0 Å². The predicted octanol–water partition coefficient (Wildman–Crippen LogP) is 1.98. The van der Waals surface area contributed by atoms with Gasteiger partial charge in [-0.25, -0.2) is 4.98 Å². The molecule has 2 aliphatic heterocycles. The number of aromatic nitrogens is 1. The second-order valence-electron chi connectivity index (χ2n) is 5.40. The first-order valence-corrected chi connectivity index (χ1v) is 7.49. The lowest BCUT2D eigenvalue weighted by Gasteiger charge is -2.32. The molecule has 2 aliphatic rings. The Hall–Kier alpha value is -0.650. The highest BCUT2D eigenvalue weighted by atomic mass is 35.5. The third kappa shape index (κ3) is 2.78. The van der Waals surface area contributed by atoms with Gasteiger partial charge in [-0.3, -0.25) is 4.79 Å². The van der Waals surface area contributed by atoms with E-state index in [-0.39, 0.29) is 17.8 Å². The number of amides is 1. The number of nitrogens with zero attached hydrogens (tertiary/aromatic N) is 2. The van der Waals surface area contributed by atoms with Gasteiger partial charge >= 0.3 is 0 Å². The number of rotatable bonds is 2. The minimum Gasteiger partial charge on any atom is -0.336 e. The average Bonchev–Trinajstić information content (AvgIpc) is 2.91. The molecule has 1 N–H and O–H groups in total. The molecular weight excluding hydrogens is 282 g/mol. The number of piperidine rings is 1. The Labute approximate surface area is 124 Å². The van der Waals surface area contributed by atoms with E-state index in [4.69, 9.17) is 0 Å². The normalized spacial score (nSPS) is 26.8. The van der Waals surface area contributed by atoms with Crippen LogP contribution in [0.3, 0.4) is 0 Å². The molecule has 19 heavy (non-hydrogen) atoms. The molecule has 0 radical (unpaired) electrons. The van der Waals surface area contributed by atoms with Crippen molar-refractivity contribution in [2.24, 2.45) is 5.41 Å². The van der Waals surface area contributed by atoms with Crippen LogP contribution in [-0.2, 0) is 11.3 Å². The van der Waals surface area contributed by atoms with Gasteiger partial charge in [0.05, 0.1) is 22.7 Å². The first kappa shape index (κ1) is 14.8. The van der Waals surface area contributed by atoms with Crippen LogP contribution in [0.15, 0.2) is 5.38 Å². The fourth-order valence-corrected chi connectivity index (χ4v) is 3.69. The zero-order valence-corrected chi connectivity index (χ0v) is 12.8. The van der Waals surface area contributed by atoms with Crippen molar-refractivity contribution in [3.05, 3.63) is 16.1 Å². The van der Waals surface area contributed by atoms with Crippen molar-refractivity contribution in [1.29, 1.82) is 0 Å². The lowest BCUT2D eigenvalue weighted by molar-refractivity contribution is -0.137. The molecule has 1 atom stereocenters. The molecule has 1 aromatic heterocycles. The van der Waals surface area contributed by atoms with Crippen molar-refractivity contribution in [3.8, 4) is 0 Å². The number of likely N-dealkylation sites (tertiary alicyclic amines) is 1. The zero-order valence-electron chi connectivity index (χ0n) is 11.1. The van der Waals surface area contributed by atoms with E-state index in [2.05, 4.69) is 15.7 Å². The summed E-state index contributed by atoms with van der Waals surface area (Å²) in [6.07, 6.45) is 3.17. The molecule has 0 aromatic carbocycles.